The van der Waals surface area contributed by atoms with Gasteiger partial charge in [0, 0.05) is 33.7 Å². The molecule has 0 spiro atoms. The van der Waals surface area contributed by atoms with Gasteiger partial charge in [-0.2, -0.15) is 0 Å². The van der Waals surface area contributed by atoms with Crippen molar-refractivity contribution >= 4 is 44.8 Å². The molecular weight excluding hydrogens is 426 g/mol. The minimum atomic E-state index is -3.57. The third-order valence-corrected chi connectivity index (χ3v) is 7.84. The average molecular weight is 454 g/mol. The van der Waals surface area contributed by atoms with Gasteiger partial charge in [0.25, 0.3) is 0 Å². The first-order chi connectivity index (χ1) is 14.2. The zero-order valence-electron chi connectivity index (χ0n) is 17.6. The zero-order valence-corrected chi connectivity index (χ0v) is 19.2. The number of thioether (sulfide) groups is 1. The Kier molecular flexibility index (Phi) is 6.73. The summed E-state index contributed by atoms with van der Waals surface area (Å²) < 4.78 is 28.1. The highest BCUT2D eigenvalue weighted by molar-refractivity contribution is 8.00. The van der Waals surface area contributed by atoms with Gasteiger partial charge < -0.3 is 9.88 Å². The third kappa shape index (κ3) is 4.33. The van der Waals surface area contributed by atoms with Gasteiger partial charge in [-0.3, -0.25) is 9.69 Å². The van der Waals surface area contributed by atoms with Crippen LogP contribution in [0.2, 0.25) is 0 Å². The predicted octanol–water partition coefficient (Wildman–Crippen LogP) is 2.12. The van der Waals surface area contributed by atoms with Crippen LogP contribution in [-0.4, -0.2) is 71.5 Å². The first kappa shape index (κ1) is 22.6. The van der Waals surface area contributed by atoms with Crippen molar-refractivity contribution in [3.8, 4) is 0 Å². The Morgan fingerprint density at radius 2 is 2.10 bits per heavy atom. The number of carbonyl (C=O) groups excluding carboxylic acids is 2. The fraction of sp³-hybridized carbons (Fsp3) is 0.526. The van der Waals surface area contributed by atoms with Crippen LogP contribution in [0.1, 0.15) is 26.7 Å². The number of rotatable bonds is 8. The molecule has 0 bridgehead atoms. The molecule has 1 fully saturated rings. The van der Waals surface area contributed by atoms with E-state index in [9.17, 15) is 18.0 Å². The Labute approximate surface area is 180 Å². The van der Waals surface area contributed by atoms with Crippen molar-refractivity contribution < 1.29 is 18.0 Å². The van der Waals surface area contributed by atoms with Gasteiger partial charge >= 0.3 is 6.03 Å². The highest BCUT2D eigenvalue weighted by Gasteiger charge is 2.31. The van der Waals surface area contributed by atoms with Crippen LogP contribution in [0.3, 0.4) is 0 Å². The van der Waals surface area contributed by atoms with Crippen molar-refractivity contribution in [1.82, 2.24) is 24.1 Å². The second-order valence-corrected chi connectivity index (χ2v) is 10.8. The predicted molar refractivity (Wildman–Crippen MR) is 116 cm³/mol. The molecule has 1 aromatic heterocycles. The molecule has 0 aliphatic carbocycles. The quantitative estimate of drug-likeness (QED) is 0.614. The first-order valence-corrected chi connectivity index (χ1v) is 12.2. The molecule has 1 N–H and O–H groups in total. The van der Waals surface area contributed by atoms with Crippen LogP contribution in [0.4, 0.5) is 4.79 Å². The number of nitrogens with zero attached hydrogens (tertiary/aromatic N) is 4. The van der Waals surface area contributed by atoms with E-state index in [4.69, 9.17) is 0 Å². The molecule has 11 heteroatoms. The number of aryl methyl sites for hydroxylation is 1. The molecule has 3 rings (SSSR count). The van der Waals surface area contributed by atoms with Crippen molar-refractivity contribution in [1.29, 1.82) is 0 Å². The third-order valence-electron chi connectivity index (χ3n) is 4.95. The number of hydrogen-bond acceptors (Lipinski definition) is 6. The fourth-order valence-corrected chi connectivity index (χ4v) is 5.13. The number of urea groups is 1. The summed E-state index contributed by atoms with van der Waals surface area (Å²) in [5.41, 5.74) is 1.39. The second-order valence-electron chi connectivity index (χ2n) is 7.32. The maximum absolute atomic E-state index is 12.7. The van der Waals surface area contributed by atoms with Crippen LogP contribution in [-0.2, 0) is 21.4 Å². The number of benzene rings is 1. The monoisotopic (exact) mass is 453 g/mol. The van der Waals surface area contributed by atoms with Gasteiger partial charge in [-0.1, -0.05) is 25.1 Å². The van der Waals surface area contributed by atoms with Crippen LogP contribution in [0, 0.1) is 0 Å². The van der Waals surface area contributed by atoms with Crippen LogP contribution < -0.4 is 5.32 Å². The molecule has 2 aromatic rings. The number of fused-ring (bicyclic) bond motifs is 1. The van der Waals surface area contributed by atoms with Gasteiger partial charge in [0.2, 0.25) is 15.9 Å². The molecule has 9 nitrogen and oxygen atoms in total. The average Bonchev–Trinajstić information content (AvgIpc) is 3.27. The lowest BCUT2D eigenvalue weighted by Crippen LogP contribution is -2.39. The van der Waals surface area contributed by atoms with E-state index in [-0.39, 0.29) is 16.8 Å². The standard InChI is InChI=1S/C19H27N5O4S2/c1-5-6-10-23-16-8-7-14(30(27,28)22(3)4)12-15(16)21-19(23)29-13(2)17(25)24-11-9-20-18(24)26/h7-8,12-13H,5-6,9-11H2,1-4H3,(H,20,26). The lowest BCUT2D eigenvalue weighted by molar-refractivity contribution is -0.126. The smallest absolute Gasteiger partial charge is 0.324 e. The Morgan fingerprint density at radius 1 is 1.37 bits per heavy atom. The van der Waals surface area contributed by atoms with E-state index in [1.807, 2.05) is 4.57 Å². The molecule has 1 atom stereocenters. The van der Waals surface area contributed by atoms with Crippen molar-refractivity contribution in [3.63, 3.8) is 0 Å². The summed E-state index contributed by atoms with van der Waals surface area (Å²) >= 11 is 1.28. The lowest BCUT2D eigenvalue weighted by atomic mass is 10.3. The summed E-state index contributed by atoms with van der Waals surface area (Å²) in [4.78, 5) is 30.5. The number of imide groups is 1. The van der Waals surface area contributed by atoms with Crippen molar-refractivity contribution in [3.05, 3.63) is 18.2 Å². The Balaban J connectivity index is 1.95. The zero-order chi connectivity index (χ0) is 22.1. The van der Waals surface area contributed by atoms with Crippen LogP contribution >= 0.6 is 11.8 Å². The highest BCUT2D eigenvalue weighted by Crippen LogP contribution is 2.30. The number of imidazole rings is 1. The normalized spacial score (nSPS) is 15.8. The summed E-state index contributed by atoms with van der Waals surface area (Å²) in [7, 11) is -0.593. The van der Waals surface area contributed by atoms with E-state index in [0.717, 1.165) is 18.4 Å². The maximum atomic E-state index is 12.7. The summed E-state index contributed by atoms with van der Waals surface area (Å²) in [5.74, 6) is -0.264. The molecule has 30 heavy (non-hydrogen) atoms. The molecular formula is C19H27N5O4S2. The molecule has 1 aromatic carbocycles. The van der Waals surface area contributed by atoms with E-state index in [0.29, 0.717) is 30.3 Å². The van der Waals surface area contributed by atoms with Gasteiger partial charge in [-0.15, -0.1) is 0 Å². The van der Waals surface area contributed by atoms with E-state index in [1.165, 1.54) is 35.1 Å². The topological polar surface area (TPSA) is 105 Å². The van der Waals surface area contributed by atoms with E-state index in [1.54, 1.807) is 25.1 Å². The number of nitrogens with one attached hydrogen (secondary N) is 1. The van der Waals surface area contributed by atoms with E-state index in [2.05, 4.69) is 17.2 Å². The number of carbonyl (C=O) groups is 2. The molecule has 0 radical (unpaired) electrons. The lowest BCUT2D eigenvalue weighted by Gasteiger charge is -2.17. The van der Waals surface area contributed by atoms with Gasteiger partial charge in [0.15, 0.2) is 5.16 Å². The van der Waals surface area contributed by atoms with Crippen LogP contribution in [0.5, 0.6) is 0 Å². The molecule has 3 amide bonds. The minimum absolute atomic E-state index is 0.176. The Morgan fingerprint density at radius 3 is 2.70 bits per heavy atom. The molecule has 164 valence electrons. The number of amides is 3. The largest absolute Gasteiger partial charge is 0.336 e. The number of unbranched alkanes of at least 4 members (excludes halogenated alkanes) is 1. The molecule has 0 saturated carbocycles. The molecule has 1 unspecified atom stereocenters. The molecule has 1 aliphatic rings. The summed E-state index contributed by atoms with van der Waals surface area (Å²) in [5, 5.41) is 2.77. The fourth-order valence-electron chi connectivity index (χ4n) is 3.19. The van der Waals surface area contributed by atoms with E-state index < -0.39 is 15.3 Å². The van der Waals surface area contributed by atoms with Crippen LogP contribution in [0.25, 0.3) is 11.0 Å². The summed E-state index contributed by atoms with van der Waals surface area (Å²) in [6, 6.07) is 4.54. The second kappa shape index (κ2) is 8.94. The SMILES string of the molecule is CCCCn1c(SC(C)C(=O)N2CCNC2=O)nc2cc(S(=O)(=O)N(C)C)ccc21. The van der Waals surface area contributed by atoms with E-state index >= 15 is 0 Å². The Bertz CT molecular complexity index is 1060. The van der Waals surface area contributed by atoms with Crippen LogP contribution in [0.15, 0.2) is 28.3 Å². The van der Waals surface area contributed by atoms with Gasteiger partial charge in [0.05, 0.1) is 21.2 Å². The number of hydrogen-bond donors (Lipinski definition) is 1. The van der Waals surface area contributed by atoms with Gasteiger partial charge in [0.1, 0.15) is 0 Å². The number of sulfonamides is 1. The maximum Gasteiger partial charge on any atom is 0.324 e. The molecule has 1 aliphatic heterocycles. The summed E-state index contributed by atoms with van der Waals surface area (Å²) in [6.07, 6.45) is 1.91. The van der Waals surface area contributed by atoms with Crippen molar-refractivity contribution in [2.75, 3.05) is 27.2 Å². The van der Waals surface area contributed by atoms with Crippen molar-refractivity contribution in [2.24, 2.45) is 0 Å². The van der Waals surface area contributed by atoms with Gasteiger partial charge in [-0.25, -0.2) is 22.5 Å². The van der Waals surface area contributed by atoms with Gasteiger partial charge in [-0.05, 0) is 31.5 Å². The summed E-state index contributed by atoms with van der Waals surface area (Å²) in [6.45, 7) is 5.37. The van der Waals surface area contributed by atoms with Crippen molar-refractivity contribution in [2.45, 2.75) is 48.5 Å². The molecule has 2 heterocycles. The minimum Gasteiger partial charge on any atom is -0.336 e. The highest BCUT2D eigenvalue weighted by atomic mass is 32.2. The Hall–Kier alpha value is -2.11. The molecule has 1 saturated heterocycles. The first-order valence-electron chi connectivity index (χ1n) is 9.85. The number of aromatic nitrogens is 2.